The molecule has 6 nitrogen and oxygen atoms in total. The number of carbonyl (C=O) groups excluding carboxylic acids is 1. The zero-order chi connectivity index (χ0) is 31.0. The second-order valence-corrected chi connectivity index (χ2v) is 11.9. The Bertz CT molecular complexity index is 1940. The Kier molecular flexibility index (Phi) is 9.37. The van der Waals surface area contributed by atoms with Gasteiger partial charge in [-0.15, -0.1) is 0 Å². The highest BCUT2D eigenvalue weighted by atomic mass is 32.2. The van der Waals surface area contributed by atoms with Crippen molar-refractivity contribution in [3.8, 4) is 11.5 Å². The van der Waals surface area contributed by atoms with Crippen LogP contribution in [-0.2, 0) is 17.6 Å². The molecule has 0 saturated heterocycles. The maximum atomic E-state index is 13.0. The largest absolute Gasteiger partial charge is 0.457 e. The Morgan fingerprint density at radius 3 is 2.53 bits per heavy atom. The van der Waals surface area contributed by atoms with Crippen molar-refractivity contribution in [3.63, 3.8) is 0 Å². The van der Waals surface area contributed by atoms with Crippen LogP contribution in [0.15, 0.2) is 131 Å². The number of carbonyl (C=O) groups is 1. The molecule has 45 heavy (non-hydrogen) atoms. The molecule has 0 saturated carbocycles. The zero-order valence-corrected chi connectivity index (χ0v) is 26.1. The van der Waals surface area contributed by atoms with E-state index in [0.29, 0.717) is 5.75 Å². The van der Waals surface area contributed by atoms with E-state index in [1.165, 1.54) is 0 Å². The molecule has 0 radical (unpaired) electrons. The first-order valence-electron chi connectivity index (χ1n) is 15.0. The lowest BCUT2D eigenvalue weighted by Gasteiger charge is -2.15. The molecule has 0 unspecified atom stereocenters. The number of rotatable bonds is 11. The van der Waals surface area contributed by atoms with Crippen molar-refractivity contribution in [1.82, 2.24) is 9.97 Å². The molecule has 2 N–H and O–H groups in total. The van der Waals surface area contributed by atoms with Crippen LogP contribution in [0, 0.1) is 6.92 Å². The minimum atomic E-state index is -0.0908. The average Bonchev–Trinajstić information content (AvgIpc) is 3.03. The Labute approximate surface area is 267 Å². The minimum absolute atomic E-state index is 0.0908. The number of amides is 1. The Hall–Kier alpha value is -5.14. The van der Waals surface area contributed by atoms with E-state index in [1.54, 1.807) is 18.0 Å². The van der Waals surface area contributed by atoms with Gasteiger partial charge in [0.05, 0.1) is 17.8 Å². The Morgan fingerprint density at radius 2 is 1.67 bits per heavy atom. The van der Waals surface area contributed by atoms with Crippen LogP contribution >= 0.6 is 11.8 Å². The van der Waals surface area contributed by atoms with E-state index in [1.807, 2.05) is 78.9 Å². The summed E-state index contributed by atoms with van der Waals surface area (Å²) in [4.78, 5) is 24.4. The summed E-state index contributed by atoms with van der Waals surface area (Å²) in [5.41, 5.74) is 6.53. The molecule has 4 aromatic carbocycles. The van der Waals surface area contributed by atoms with E-state index in [2.05, 4.69) is 65.9 Å². The highest BCUT2D eigenvalue weighted by molar-refractivity contribution is 7.99. The van der Waals surface area contributed by atoms with Gasteiger partial charge in [-0.3, -0.25) is 4.79 Å². The summed E-state index contributed by atoms with van der Waals surface area (Å²) in [5.74, 6) is 1.36. The number of fused-ring (bicyclic) bond motifs is 1. The lowest BCUT2D eigenvalue weighted by molar-refractivity contribution is -0.115. The smallest absolute Gasteiger partial charge is 0.228 e. The van der Waals surface area contributed by atoms with Crippen LogP contribution in [0.25, 0.3) is 11.0 Å². The van der Waals surface area contributed by atoms with E-state index in [-0.39, 0.29) is 12.3 Å². The summed E-state index contributed by atoms with van der Waals surface area (Å²) >= 11 is 1.64. The number of hydrogen-bond donors (Lipinski definition) is 2. The van der Waals surface area contributed by atoms with Crippen molar-refractivity contribution in [2.24, 2.45) is 0 Å². The van der Waals surface area contributed by atoms with Gasteiger partial charge in [0.25, 0.3) is 0 Å². The van der Waals surface area contributed by atoms with Crippen molar-refractivity contribution in [3.05, 3.63) is 138 Å². The molecule has 0 bridgehead atoms. The SMILES string of the molecule is CCCc1ccc2c(Nc3cc(C)ccc3Sc3cccc(NC(=O)Cc4cccc(Oc5ccccc5)c4)c3)ccnc2n1. The van der Waals surface area contributed by atoms with Crippen molar-refractivity contribution >= 4 is 45.8 Å². The third-order valence-corrected chi connectivity index (χ3v) is 8.22. The number of aryl methyl sites for hydroxylation is 2. The summed E-state index contributed by atoms with van der Waals surface area (Å²) in [6.45, 7) is 4.24. The molecule has 6 aromatic rings. The van der Waals surface area contributed by atoms with Crippen LogP contribution in [-0.4, -0.2) is 15.9 Å². The van der Waals surface area contributed by atoms with E-state index < -0.39 is 0 Å². The molecule has 6 rings (SSSR count). The van der Waals surface area contributed by atoms with Gasteiger partial charge < -0.3 is 15.4 Å². The fourth-order valence-electron chi connectivity index (χ4n) is 5.05. The number of aromatic nitrogens is 2. The Balaban J connectivity index is 1.15. The van der Waals surface area contributed by atoms with Crippen molar-refractivity contribution < 1.29 is 9.53 Å². The third kappa shape index (κ3) is 7.88. The van der Waals surface area contributed by atoms with Gasteiger partial charge in [0, 0.05) is 32.8 Å². The first-order valence-corrected chi connectivity index (χ1v) is 15.9. The molecule has 2 heterocycles. The summed E-state index contributed by atoms with van der Waals surface area (Å²) in [6.07, 6.45) is 4.02. The quantitative estimate of drug-likeness (QED) is 0.152. The van der Waals surface area contributed by atoms with Gasteiger partial charge >= 0.3 is 0 Å². The molecule has 0 aliphatic carbocycles. The summed E-state index contributed by atoms with van der Waals surface area (Å²) in [6, 6.07) is 37.7. The standard InChI is InChI=1S/C38H34N4O2S/c1-3-9-28-17-18-33-34(20-21-39-38(33)41-28)42-35-22-26(2)16-19-36(35)45-32-15-8-11-29(25-32)40-37(43)24-27-10-7-14-31(23-27)44-30-12-5-4-6-13-30/h4-8,10-23,25H,3,9,24H2,1-2H3,(H,40,43)(H,39,41,42). The number of nitrogens with zero attached hydrogens (tertiary/aromatic N) is 2. The summed E-state index contributed by atoms with van der Waals surface area (Å²) < 4.78 is 5.93. The fourth-order valence-corrected chi connectivity index (χ4v) is 5.99. The topological polar surface area (TPSA) is 76.1 Å². The van der Waals surface area contributed by atoms with Crippen LogP contribution in [0.1, 0.15) is 30.2 Å². The van der Waals surface area contributed by atoms with Gasteiger partial charge in [-0.1, -0.05) is 67.6 Å². The number of benzene rings is 4. The van der Waals surface area contributed by atoms with Gasteiger partial charge in [0.2, 0.25) is 5.91 Å². The molecule has 0 spiro atoms. The van der Waals surface area contributed by atoms with Gasteiger partial charge in [0.1, 0.15) is 11.5 Å². The Morgan fingerprint density at radius 1 is 0.822 bits per heavy atom. The third-order valence-electron chi connectivity index (χ3n) is 7.16. The molecule has 0 fully saturated rings. The molecular formula is C38H34N4O2S. The van der Waals surface area contributed by atoms with E-state index in [0.717, 1.165) is 73.3 Å². The van der Waals surface area contributed by atoms with Gasteiger partial charge in [-0.2, -0.15) is 0 Å². The molecule has 0 aliphatic rings. The first kappa shape index (κ1) is 29.9. The highest BCUT2D eigenvalue weighted by Crippen LogP contribution is 2.37. The fraction of sp³-hybridized carbons (Fsp3) is 0.132. The number of para-hydroxylation sites is 1. The number of nitrogens with one attached hydrogen (secondary N) is 2. The van der Waals surface area contributed by atoms with Crippen molar-refractivity contribution in [1.29, 1.82) is 0 Å². The molecule has 224 valence electrons. The van der Waals surface area contributed by atoms with E-state index in [4.69, 9.17) is 9.72 Å². The highest BCUT2D eigenvalue weighted by Gasteiger charge is 2.11. The maximum absolute atomic E-state index is 13.0. The average molecular weight is 611 g/mol. The summed E-state index contributed by atoms with van der Waals surface area (Å²) in [5, 5.41) is 7.68. The number of hydrogen-bond acceptors (Lipinski definition) is 6. The maximum Gasteiger partial charge on any atom is 0.228 e. The molecule has 0 aliphatic heterocycles. The second kappa shape index (κ2) is 14.1. The van der Waals surface area contributed by atoms with Crippen molar-refractivity contribution in [2.75, 3.05) is 10.6 Å². The van der Waals surface area contributed by atoms with E-state index in [9.17, 15) is 4.79 Å². The lowest BCUT2D eigenvalue weighted by atomic mass is 10.1. The van der Waals surface area contributed by atoms with Crippen LogP contribution < -0.4 is 15.4 Å². The monoisotopic (exact) mass is 610 g/mol. The number of ether oxygens (including phenoxy) is 1. The van der Waals surface area contributed by atoms with E-state index >= 15 is 0 Å². The van der Waals surface area contributed by atoms with Crippen LogP contribution in [0.2, 0.25) is 0 Å². The van der Waals surface area contributed by atoms with Crippen molar-refractivity contribution in [2.45, 2.75) is 42.9 Å². The van der Waals surface area contributed by atoms with Crippen LogP contribution in [0.5, 0.6) is 11.5 Å². The lowest BCUT2D eigenvalue weighted by Crippen LogP contribution is -2.14. The normalized spacial score (nSPS) is 10.9. The molecular weight excluding hydrogens is 577 g/mol. The van der Waals surface area contributed by atoms with Crippen LogP contribution in [0.3, 0.4) is 0 Å². The zero-order valence-electron chi connectivity index (χ0n) is 25.3. The summed E-state index contributed by atoms with van der Waals surface area (Å²) in [7, 11) is 0. The number of pyridine rings is 2. The second-order valence-electron chi connectivity index (χ2n) is 10.8. The predicted octanol–water partition coefficient (Wildman–Crippen LogP) is 9.76. The molecule has 2 aromatic heterocycles. The first-order chi connectivity index (χ1) is 22.0. The predicted molar refractivity (Wildman–Crippen MR) is 184 cm³/mol. The van der Waals surface area contributed by atoms with Gasteiger partial charge in [-0.05, 0) is 97.3 Å². The minimum Gasteiger partial charge on any atom is -0.457 e. The number of anilines is 3. The van der Waals surface area contributed by atoms with Gasteiger partial charge in [0.15, 0.2) is 5.65 Å². The molecule has 0 atom stereocenters. The molecule has 7 heteroatoms. The van der Waals surface area contributed by atoms with Crippen LogP contribution in [0.4, 0.5) is 17.1 Å². The molecule has 1 amide bonds. The van der Waals surface area contributed by atoms with Gasteiger partial charge in [-0.25, -0.2) is 9.97 Å².